The van der Waals surface area contributed by atoms with Crippen molar-refractivity contribution >= 4 is 10.9 Å². The second-order valence-corrected chi connectivity index (χ2v) is 6.75. The number of para-hydroxylation sites is 1. The maximum atomic E-state index is 12.4. The molecule has 0 unspecified atom stereocenters. The zero-order valence-corrected chi connectivity index (χ0v) is 15.2. The van der Waals surface area contributed by atoms with Gasteiger partial charge in [-0.15, -0.1) is 0 Å². The van der Waals surface area contributed by atoms with Crippen molar-refractivity contribution in [2.75, 3.05) is 0 Å². The lowest BCUT2D eigenvalue weighted by Crippen LogP contribution is -2.13. The van der Waals surface area contributed by atoms with Gasteiger partial charge >= 0.3 is 0 Å². The Labute approximate surface area is 157 Å². The van der Waals surface area contributed by atoms with E-state index in [-0.39, 0.29) is 11.3 Å². The fraction of sp³-hybridized carbons (Fsp3) is 0.125. The van der Waals surface area contributed by atoms with Gasteiger partial charge in [0.2, 0.25) is 0 Å². The average Bonchev–Trinajstić information content (AvgIpc) is 2.72. The van der Waals surface area contributed by atoms with Crippen LogP contribution in [0, 0.1) is 0 Å². The summed E-state index contributed by atoms with van der Waals surface area (Å²) in [5, 5.41) is 11.2. The fourth-order valence-electron chi connectivity index (χ4n) is 3.38. The number of benzene rings is 3. The molecule has 0 fully saturated rings. The second kappa shape index (κ2) is 7.12. The van der Waals surface area contributed by atoms with Crippen molar-refractivity contribution in [2.24, 2.45) is 0 Å². The molecule has 0 bridgehead atoms. The molecule has 27 heavy (non-hydrogen) atoms. The van der Waals surface area contributed by atoms with Gasteiger partial charge in [0.15, 0.2) is 0 Å². The SMILES string of the molecule is CCc1ccc(-c2ccc(Cc3c(O)c4ccccc4[nH]c3=O)cc2)cc1. The maximum Gasteiger partial charge on any atom is 0.255 e. The normalized spacial score (nSPS) is 11.0. The molecule has 134 valence electrons. The van der Waals surface area contributed by atoms with Gasteiger partial charge in [-0.25, -0.2) is 0 Å². The Morgan fingerprint density at radius 3 is 2.04 bits per heavy atom. The van der Waals surface area contributed by atoms with Gasteiger partial charge in [-0.3, -0.25) is 4.79 Å². The quantitative estimate of drug-likeness (QED) is 0.538. The largest absolute Gasteiger partial charge is 0.507 e. The molecule has 4 rings (SSSR count). The van der Waals surface area contributed by atoms with Crippen molar-refractivity contribution in [1.82, 2.24) is 4.98 Å². The van der Waals surface area contributed by atoms with Crippen LogP contribution in [0.4, 0.5) is 0 Å². The third kappa shape index (κ3) is 3.36. The smallest absolute Gasteiger partial charge is 0.255 e. The van der Waals surface area contributed by atoms with Crippen LogP contribution in [-0.2, 0) is 12.8 Å². The standard InChI is InChI=1S/C24H21NO2/c1-2-16-7-11-18(12-8-16)19-13-9-17(10-14-19)15-21-23(26)20-5-3-4-6-22(20)25-24(21)27/h3-14H,2,15H2,1H3,(H2,25,26,27). The zero-order chi connectivity index (χ0) is 18.8. The van der Waals surface area contributed by atoms with E-state index < -0.39 is 0 Å². The number of fused-ring (bicyclic) bond motifs is 1. The van der Waals surface area contributed by atoms with Crippen LogP contribution in [-0.4, -0.2) is 10.1 Å². The fourth-order valence-corrected chi connectivity index (χ4v) is 3.38. The molecule has 0 atom stereocenters. The molecule has 1 heterocycles. The molecule has 2 N–H and O–H groups in total. The maximum absolute atomic E-state index is 12.4. The van der Waals surface area contributed by atoms with Crippen LogP contribution in [0.15, 0.2) is 77.6 Å². The Morgan fingerprint density at radius 2 is 1.41 bits per heavy atom. The van der Waals surface area contributed by atoms with Crippen molar-refractivity contribution in [1.29, 1.82) is 0 Å². The summed E-state index contributed by atoms with van der Waals surface area (Å²) in [6, 6.07) is 24.0. The lowest BCUT2D eigenvalue weighted by atomic mass is 9.99. The Kier molecular flexibility index (Phi) is 4.51. The van der Waals surface area contributed by atoms with Crippen LogP contribution in [0.1, 0.15) is 23.6 Å². The van der Waals surface area contributed by atoms with E-state index >= 15 is 0 Å². The third-order valence-electron chi connectivity index (χ3n) is 5.02. The number of aromatic nitrogens is 1. The van der Waals surface area contributed by atoms with E-state index in [0.717, 1.165) is 17.5 Å². The second-order valence-electron chi connectivity index (χ2n) is 6.75. The first-order chi connectivity index (χ1) is 13.2. The van der Waals surface area contributed by atoms with Crippen LogP contribution in [0.3, 0.4) is 0 Å². The number of aromatic amines is 1. The van der Waals surface area contributed by atoms with Gasteiger partial charge in [0.25, 0.3) is 5.56 Å². The summed E-state index contributed by atoms with van der Waals surface area (Å²) in [5.41, 5.74) is 5.42. The number of aryl methyl sites for hydroxylation is 1. The Hall–Kier alpha value is -3.33. The van der Waals surface area contributed by atoms with Gasteiger partial charge in [0, 0.05) is 11.8 Å². The summed E-state index contributed by atoms with van der Waals surface area (Å²) in [4.78, 5) is 15.2. The molecule has 1 aromatic heterocycles. The van der Waals surface area contributed by atoms with E-state index in [1.165, 1.54) is 11.1 Å². The minimum Gasteiger partial charge on any atom is -0.507 e. The van der Waals surface area contributed by atoms with Gasteiger partial charge in [0.1, 0.15) is 5.75 Å². The number of hydrogen-bond acceptors (Lipinski definition) is 2. The number of aromatic hydroxyl groups is 1. The van der Waals surface area contributed by atoms with E-state index in [0.29, 0.717) is 22.9 Å². The van der Waals surface area contributed by atoms with Crippen LogP contribution >= 0.6 is 0 Å². The van der Waals surface area contributed by atoms with Crippen LogP contribution in [0.2, 0.25) is 0 Å². The summed E-state index contributed by atoms with van der Waals surface area (Å²) < 4.78 is 0. The van der Waals surface area contributed by atoms with Gasteiger partial charge in [-0.1, -0.05) is 67.6 Å². The lowest BCUT2D eigenvalue weighted by Gasteiger charge is -2.09. The molecule has 0 aliphatic rings. The van der Waals surface area contributed by atoms with E-state index in [9.17, 15) is 9.90 Å². The van der Waals surface area contributed by atoms with Gasteiger partial charge in [-0.05, 0) is 40.8 Å². The number of nitrogens with one attached hydrogen (secondary N) is 1. The molecule has 0 aliphatic carbocycles. The zero-order valence-electron chi connectivity index (χ0n) is 15.2. The molecule has 0 aliphatic heterocycles. The first-order valence-electron chi connectivity index (χ1n) is 9.17. The number of hydrogen-bond donors (Lipinski definition) is 2. The highest BCUT2D eigenvalue weighted by molar-refractivity contribution is 5.85. The molecule has 0 amide bonds. The first-order valence-corrected chi connectivity index (χ1v) is 9.17. The number of rotatable bonds is 4. The van der Waals surface area contributed by atoms with E-state index in [2.05, 4.69) is 48.3 Å². The Bertz CT molecular complexity index is 1140. The van der Waals surface area contributed by atoms with Crippen molar-refractivity contribution < 1.29 is 5.11 Å². The molecule has 4 aromatic rings. The van der Waals surface area contributed by atoms with E-state index in [1.807, 2.05) is 30.3 Å². The van der Waals surface area contributed by atoms with Gasteiger partial charge < -0.3 is 10.1 Å². The molecule has 0 radical (unpaired) electrons. The summed E-state index contributed by atoms with van der Waals surface area (Å²) in [7, 11) is 0. The molecule has 3 heteroatoms. The molecular formula is C24H21NO2. The molecule has 3 aromatic carbocycles. The third-order valence-corrected chi connectivity index (χ3v) is 5.02. The van der Waals surface area contributed by atoms with Crippen molar-refractivity contribution in [2.45, 2.75) is 19.8 Å². The van der Waals surface area contributed by atoms with Crippen LogP contribution in [0.5, 0.6) is 5.75 Å². The predicted molar refractivity (Wildman–Crippen MR) is 110 cm³/mol. The minimum absolute atomic E-state index is 0.0635. The van der Waals surface area contributed by atoms with Crippen LogP contribution < -0.4 is 5.56 Å². The summed E-state index contributed by atoms with van der Waals surface area (Å²) >= 11 is 0. The molecular weight excluding hydrogens is 334 g/mol. The topological polar surface area (TPSA) is 53.1 Å². The lowest BCUT2D eigenvalue weighted by molar-refractivity contribution is 0.474. The molecule has 0 saturated carbocycles. The summed E-state index contributed by atoms with van der Waals surface area (Å²) in [5.74, 6) is 0.0635. The first kappa shape index (κ1) is 17.1. The van der Waals surface area contributed by atoms with E-state index in [1.54, 1.807) is 6.07 Å². The van der Waals surface area contributed by atoms with Crippen molar-refractivity contribution in [3.63, 3.8) is 0 Å². The minimum atomic E-state index is -0.245. The predicted octanol–water partition coefficient (Wildman–Crippen LogP) is 5.05. The summed E-state index contributed by atoms with van der Waals surface area (Å²) in [6.07, 6.45) is 1.42. The number of pyridine rings is 1. The summed E-state index contributed by atoms with van der Waals surface area (Å²) in [6.45, 7) is 2.15. The highest BCUT2D eigenvalue weighted by Gasteiger charge is 2.12. The molecule has 3 nitrogen and oxygen atoms in total. The Morgan fingerprint density at radius 1 is 0.815 bits per heavy atom. The van der Waals surface area contributed by atoms with Crippen molar-refractivity contribution in [3.05, 3.63) is 99.8 Å². The highest BCUT2D eigenvalue weighted by Crippen LogP contribution is 2.27. The average molecular weight is 355 g/mol. The molecule has 0 saturated heterocycles. The van der Waals surface area contributed by atoms with Crippen molar-refractivity contribution in [3.8, 4) is 16.9 Å². The van der Waals surface area contributed by atoms with Gasteiger partial charge in [-0.2, -0.15) is 0 Å². The Balaban J connectivity index is 1.63. The molecule has 0 spiro atoms. The van der Waals surface area contributed by atoms with Crippen LogP contribution in [0.25, 0.3) is 22.0 Å². The monoisotopic (exact) mass is 355 g/mol. The highest BCUT2D eigenvalue weighted by atomic mass is 16.3. The van der Waals surface area contributed by atoms with E-state index in [4.69, 9.17) is 0 Å². The number of H-pyrrole nitrogens is 1. The van der Waals surface area contributed by atoms with Gasteiger partial charge in [0.05, 0.1) is 11.1 Å².